The van der Waals surface area contributed by atoms with Gasteiger partial charge in [-0.05, 0) is 18.9 Å². The van der Waals surface area contributed by atoms with E-state index in [1.54, 1.807) is 0 Å². The third-order valence-electron chi connectivity index (χ3n) is 3.33. The summed E-state index contributed by atoms with van der Waals surface area (Å²) >= 11 is 0. The second-order valence-corrected chi connectivity index (χ2v) is 4.51. The largest absolute Gasteiger partial charge is 0.395 e. The van der Waals surface area contributed by atoms with Crippen LogP contribution in [-0.4, -0.2) is 39.0 Å². The quantitative estimate of drug-likeness (QED) is 0.793. The third-order valence-corrected chi connectivity index (χ3v) is 3.33. The highest BCUT2D eigenvalue weighted by molar-refractivity contribution is 5.04. The molecule has 0 bridgehead atoms. The molecule has 1 aliphatic rings. The highest BCUT2D eigenvalue weighted by Crippen LogP contribution is 2.24. The molecule has 0 amide bonds. The summed E-state index contributed by atoms with van der Waals surface area (Å²) in [5.74, 6) is 0.603. The molecule has 1 aliphatic heterocycles. The lowest BCUT2D eigenvalue weighted by Crippen LogP contribution is -2.34. The predicted octanol–water partition coefficient (Wildman–Crippen LogP) is 0.623. The van der Waals surface area contributed by atoms with Crippen molar-refractivity contribution >= 4 is 0 Å². The summed E-state index contributed by atoms with van der Waals surface area (Å²) in [6.07, 6.45) is 5.13. The molecule has 1 N–H and O–H groups in total. The highest BCUT2D eigenvalue weighted by atomic mass is 16.3. The van der Waals surface area contributed by atoms with Crippen LogP contribution in [0.5, 0.6) is 0 Å². The summed E-state index contributed by atoms with van der Waals surface area (Å²) in [5, 5.41) is 13.5. The van der Waals surface area contributed by atoms with E-state index in [0.717, 1.165) is 13.1 Å². The average molecular weight is 209 g/mol. The van der Waals surface area contributed by atoms with E-state index in [9.17, 15) is 5.11 Å². The van der Waals surface area contributed by atoms with E-state index >= 15 is 0 Å². The van der Waals surface area contributed by atoms with Crippen LogP contribution in [0.2, 0.25) is 0 Å². The van der Waals surface area contributed by atoms with Crippen molar-refractivity contribution in [3.05, 3.63) is 18.0 Å². The molecule has 2 atom stereocenters. The van der Waals surface area contributed by atoms with E-state index < -0.39 is 0 Å². The number of aromatic nitrogens is 2. The standard InChI is InChI=1S/C11H19N3O/c1-9-3-4-14(11(9)8-15)7-10-5-12-13(2)6-10/h5-6,9,11,15H,3-4,7-8H2,1-2H3. The second kappa shape index (κ2) is 4.33. The number of rotatable bonds is 3. The van der Waals surface area contributed by atoms with Crippen molar-refractivity contribution in [2.75, 3.05) is 13.2 Å². The van der Waals surface area contributed by atoms with Crippen molar-refractivity contribution in [2.24, 2.45) is 13.0 Å². The van der Waals surface area contributed by atoms with Gasteiger partial charge in [0.05, 0.1) is 12.8 Å². The average Bonchev–Trinajstić information content (AvgIpc) is 2.75. The maximum Gasteiger partial charge on any atom is 0.0589 e. The lowest BCUT2D eigenvalue weighted by atomic mass is 10.0. The maximum absolute atomic E-state index is 9.33. The van der Waals surface area contributed by atoms with Gasteiger partial charge >= 0.3 is 0 Å². The second-order valence-electron chi connectivity index (χ2n) is 4.51. The van der Waals surface area contributed by atoms with Crippen molar-refractivity contribution < 1.29 is 5.11 Å². The van der Waals surface area contributed by atoms with Crippen molar-refractivity contribution in [2.45, 2.75) is 25.9 Å². The molecule has 0 aromatic carbocycles. The monoisotopic (exact) mass is 209 g/mol. The molecule has 0 spiro atoms. The Morgan fingerprint density at radius 3 is 3.00 bits per heavy atom. The van der Waals surface area contributed by atoms with Crippen LogP contribution in [0.15, 0.2) is 12.4 Å². The van der Waals surface area contributed by atoms with Crippen LogP contribution >= 0.6 is 0 Å². The molecule has 0 saturated carbocycles. The zero-order valence-electron chi connectivity index (χ0n) is 9.43. The van der Waals surface area contributed by atoms with E-state index in [0.29, 0.717) is 12.0 Å². The van der Waals surface area contributed by atoms with Crippen LogP contribution in [0, 0.1) is 5.92 Å². The third kappa shape index (κ3) is 2.21. The molecule has 2 unspecified atom stereocenters. The fourth-order valence-corrected chi connectivity index (χ4v) is 2.37. The topological polar surface area (TPSA) is 41.3 Å². The SMILES string of the molecule is CC1CCN(Cc2cnn(C)c2)C1CO. The van der Waals surface area contributed by atoms with Gasteiger partial charge in [0.25, 0.3) is 0 Å². The molecule has 1 fully saturated rings. The van der Waals surface area contributed by atoms with Crippen molar-refractivity contribution in [3.63, 3.8) is 0 Å². The van der Waals surface area contributed by atoms with Gasteiger partial charge in [0.1, 0.15) is 0 Å². The van der Waals surface area contributed by atoms with Gasteiger partial charge in [0, 0.05) is 31.4 Å². The van der Waals surface area contributed by atoms with Crippen LogP contribution in [0.3, 0.4) is 0 Å². The van der Waals surface area contributed by atoms with E-state index in [4.69, 9.17) is 0 Å². The number of nitrogens with zero attached hydrogens (tertiary/aromatic N) is 3. The van der Waals surface area contributed by atoms with Gasteiger partial charge in [-0.1, -0.05) is 6.92 Å². The molecule has 84 valence electrons. The van der Waals surface area contributed by atoms with Gasteiger partial charge in [-0.3, -0.25) is 9.58 Å². The first-order chi connectivity index (χ1) is 7.20. The fraction of sp³-hybridized carbons (Fsp3) is 0.727. The van der Waals surface area contributed by atoms with Crippen LogP contribution in [0.25, 0.3) is 0 Å². The number of likely N-dealkylation sites (tertiary alicyclic amines) is 1. The first kappa shape index (κ1) is 10.6. The molecule has 15 heavy (non-hydrogen) atoms. The minimum atomic E-state index is 0.265. The first-order valence-corrected chi connectivity index (χ1v) is 5.53. The normalized spacial score (nSPS) is 27.4. The molecular weight excluding hydrogens is 190 g/mol. The van der Waals surface area contributed by atoms with Gasteiger partial charge in [0.2, 0.25) is 0 Å². The molecule has 1 aromatic heterocycles. The lowest BCUT2D eigenvalue weighted by Gasteiger charge is -2.24. The van der Waals surface area contributed by atoms with Crippen LogP contribution in [0.4, 0.5) is 0 Å². The van der Waals surface area contributed by atoms with Crippen LogP contribution in [-0.2, 0) is 13.6 Å². The highest BCUT2D eigenvalue weighted by Gasteiger charge is 2.30. The van der Waals surface area contributed by atoms with E-state index in [1.807, 2.05) is 24.1 Å². The molecule has 1 saturated heterocycles. The van der Waals surface area contributed by atoms with Crippen LogP contribution < -0.4 is 0 Å². The van der Waals surface area contributed by atoms with E-state index in [2.05, 4.69) is 16.9 Å². The zero-order chi connectivity index (χ0) is 10.8. The van der Waals surface area contributed by atoms with Crippen molar-refractivity contribution in [3.8, 4) is 0 Å². The Morgan fingerprint density at radius 1 is 1.60 bits per heavy atom. The summed E-state index contributed by atoms with van der Waals surface area (Å²) in [4.78, 5) is 2.35. The molecule has 2 rings (SSSR count). The zero-order valence-corrected chi connectivity index (χ0v) is 9.43. The van der Waals surface area contributed by atoms with Crippen LogP contribution in [0.1, 0.15) is 18.9 Å². The van der Waals surface area contributed by atoms with Gasteiger partial charge in [-0.25, -0.2) is 0 Å². The molecule has 0 aliphatic carbocycles. The summed E-state index contributed by atoms with van der Waals surface area (Å²) < 4.78 is 1.82. The fourth-order valence-electron chi connectivity index (χ4n) is 2.37. The molecule has 4 heteroatoms. The molecule has 4 nitrogen and oxygen atoms in total. The predicted molar refractivity (Wildman–Crippen MR) is 58.3 cm³/mol. The van der Waals surface area contributed by atoms with Crippen molar-refractivity contribution in [1.82, 2.24) is 14.7 Å². The minimum Gasteiger partial charge on any atom is -0.395 e. The lowest BCUT2D eigenvalue weighted by molar-refractivity contribution is 0.134. The summed E-state index contributed by atoms with van der Waals surface area (Å²) in [6, 6.07) is 0.324. The maximum atomic E-state index is 9.33. The molecular formula is C11H19N3O. The minimum absolute atomic E-state index is 0.265. The summed E-state index contributed by atoms with van der Waals surface area (Å²) in [6.45, 7) is 4.47. The van der Waals surface area contributed by atoms with E-state index in [-0.39, 0.29) is 6.61 Å². The number of aliphatic hydroxyl groups excluding tert-OH is 1. The number of aliphatic hydroxyl groups is 1. The van der Waals surface area contributed by atoms with E-state index in [1.165, 1.54) is 12.0 Å². The smallest absolute Gasteiger partial charge is 0.0589 e. The Hall–Kier alpha value is -0.870. The van der Waals surface area contributed by atoms with Gasteiger partial charge in [-0.15, -0.1) is 0 Å². The van der Waals surface area contributed by atoms with Crippen molar-refractivity contribution in [1.29, 1.82) is 0 Å². The first-order valence-electron chi connectivity index (χ1n) is 5.53. The number of hydrogen-bond acceptors (Lipinski definition) is 3. The molecule has 1 aromatic rings. The Balaban J connectivity index is 2.00. The van der Waals surface area contributed by atoms with Gasteiger partial charge in [0.15, 0.2) is 0 Å². The Labute approximate surface area is 90.5 Å². The Bertz CT molecular complexity index is 323. The summed E-state index contributed by atoms with van der Waals surface area (Å²) in [5.41, 5.74) is 1.23. The Morgan fingerprint density at radius 2 is 2.40 bits per heavy atom. The molecule has 2 heterocycles. The van der Waals surface area contributed by atoms with Gasteiger partial charge in [-0.2, -0.15) is 5.10 Å². The van der Waals surface area contributed by atoms with Gasteiger partial charge < -0.3 is 5.11 Å². The molecule has 0 radical (unpaired) electrons. The number of aryl methyl sites for hydroxylation is 1. The Kier molecular flexibility index (Phi) is 3.07. The summed E-state index contributed by atoms with van der Waals surface area (Å²) in [7, 11) is 1.93. The number of hydrogen-bond donors (Lipinski definition) is 1.